The van der Waals surface area contributed by atoms with E-state index in [0.29, 0.717) is 16.3 Å². The Hall–Kier alpha value is -2.57. The van der Waals surface area contributed by atoms with E-state index in [4.69, 9.17) is 21.3 Å². The van der Waals surface area contributed by atoms with Crippen LogP contribution in [-0.2, 0) is 0 Å². The number of benzene rings is 1. The summed E-state index contributed by atoms with van der Waals surface area (Å²) in [5.74, 6) is 0.703. The van der Waals surface area contributed by atoms with Gasteiger partial charge in [-0.2, -0.15) is 5.26 Å². The fraction of sp³-hybridized carbons (Fsp3) is 0. The molecule has 4 heteroatoms. The first-order valence-corrected chi connectivity index (χ1v) is 6.35. The first-order chi connectivity index (χ1) is 9.76. The molecular formula is C16H9ClN2O. The van der Waals surface area contributed by atoms with Gasteiger partial charge in [-0.1, -0.05) is 23.7 Å². The SMILES string of the molecule is N#Cc1cccc(-c2cc(-c3ccc(Cl)cn3)co2)c1. The van der Waals surface area contributed by atoms with Crippen molar-refractivity contribution in [1.82, 2.24) is 4.98 Å². The highest BCUT2D eigenvalue weighted by molar-refractivity contribution is 6.30. The second-order valence-electron chi connectivity index (χ2n) is 4.25. The van der Waals surface area contributed by atoms with Crippen LogP contribution in [0.4, 0.5) is 0 Å². The molecule has 0 aliphatic heterocycles. The average Bonchev–Trinajstić information content (AvgIpc) is 2.98. The summed E-state index contributed by atoms with van der Waals surface area (Å²) in [6, 6.07) is 14.9. The van der Waals surface area contributed by atoms with Crippen LogP contribution in [0.1, 0.15) is 5.56 Å². The zero-order chi connectivity index (χ0) is 13.9. The molecule has 0 saturated carbocycles. The van der Waals surface area contributed by atoms with Crippen LogP contribution in [0.25, 0.3) is 22.6 Å². The zero-order valence-corrected chi connectivity index (χ0v) is 11.1. The molecule has 0 radical (unpaired) electrons. The highest BCUT2D eigenvalue weighted by Gasteiger charge is 2.08. The average molecular weight is 281 g/mol. The minimum atomic E-state index is 0.596. The molecule has 0 unspecified atom stereocenters. The maximum atomic E-state index is 8.92. The molecule has 0 N–H and O–H groups in total. The Morgan fingerprint density at radius 1 is 1.10 bits per heavy atom. The Bertz CT molecular complexity index is 785. The van der Waals surface area contributed by atoms with Crippen molar-refractivity contribution in [2.45, 2.75) is 0 Å². The standard InChI is InChI=1S/C16H9ClN2O/c17-14-4-5-15(19-9-14)13-7-16(20-10-13)12-3-1-2-11(6-12)8-18/h1-7,9-10H. The van der Waals surface area contributed by atoms with Crippen molar-refractivity contribution in [3.63, 3.8) is 0 Å². The van der Waals surface area contributed by atoms with Crippen LogP contribution in [0.2, 0.25) is 5.02 Å². The van der Waals surface area contributed by atoms with Gasteiger partial charge in [0.15, 0.2) is 0 Å². The molecule has 0 aliphatic rings. The highest BCUT2D eigenvalue weighted by Crippen LogP contribution is 2.28. The molecule has 1 aromatic carbocycles. The molecule has 96 valence electrons. The van der Waals surface area contributed by atoms with E-state index in [0.717, 1.165) is 16.8 Å². The van der Waals surface area contributed by atoms with E-state index in [2.05, 4.69) is 11.1 Å². The molecule has 3 nitrogen and oxygen atoms in total. The number of nitrogens with zero attached hydrogens (tertiary/aromatic N) is 2. The number of furan rings is 1. The smallest absolute Gasteiger partial charge is 0.134 e. The van der Waals surface area contributed by atoms with Crippen molar-refractivity contribution in [2.24, 2.45) is 0 Å². The van der Waals surface area contributed by atoms with Gasteiger partial charge in [0.05, 0.1) is 22.3 Å². The van der Waals surface area contributed by atoms with Crippen molar-refractivity contribution >= 4 is 11.6 Å². The van der Waals surface area contributed by atoms with E-state index >= 15 is 0 Å². The lowest BCUT2D eigenvalue weighted by Gasteiger charge is -1.96. The molecule has 0 aliphatic carbocycles. The van der Waals surface area contributed by atoms with Gasteiger partial charge >= 0.3 is 0 Å². The summed E-state index contributed by atoms with van der Waals surface area (Å²) in [7, 11) is 0. The number of nitriles is 1. The predicted octanol–water partition coefficient (Wildman–Crippen LogP) is 4.53. The fourth-order valence-electron chi connectivity index (χ4n) is 1.91. The molecule has 0 saturated heterocycles. The third kappa shape index (κ3) is 2.42. The van der Waals surface area contributed by atoms with Gasteiger partial charge in [-0.3, -0.25) is 4.98 Å². The highest BCUT2D eigenvalue weighted by atomic mass is 35.5. The molecule has 20 heavy (non-hydrogen) atoms. The van der Waals surface area contributed by atoms with Crippen LogP contribution >= 0.6 is 11.6 Å². The maximum absolute atomic E-state index is 8.92. The molecule has 0 amide bonds. The zero-order valence-electron chi connectivity index (χ0n) is 10.4. The summed E-state index contributed by atoms with van der Waals surface area (Å²) in [6.07, 6.45) is 3.24. The molecule has 0 bridgehead atoms. The Morgan fingerprint density at radius 3 is 2.75 bits per heavy atom. The van der Waals surface area contributed by atoms with Crippen LogP contribution < -0.4 is 0 Å². The maximum Gasteiger partial charge on any atom is 0.134 e. The summed E-state index contributed by atoms with van der Waals surface area (Å²) < 4.78 is 5.55. The number of hydrogen-bond donors (Lipinski definition) is 0. The number of aromatic nitrogens is 1. The topological polar surface area (TPSA) is 49.8 Å². The van der Waals surface area contributed by atoms with Gasteiger partial charge in [-0.15, -0.1) is 0 Å². The molecule has 2 heterocycles. The lowest BCUT2D eigenvalue weighted by molar-refractivity contribution is 0.583. The van der Waals surface area contributed by atoms with E-state index in [1.54, 1.807) is 30.7 Å². The van der Waals surface area contributed by atoms with Crippen LogP contribution in [0.15, 0.2) is 59.3 Å². The van der Waals surface area contributed by atoms with E-state index in [9.17, 15) is 0 Å². The molecule has 3 rings (SSSR count). The lowest BCUT2D eigenvalue weighted by Crippen LogP contribution is -1.79. The van der Waals surface area contributed by atoms with Crippen molar-refractivity contribution in [3.05, 3.63) is 65.5 Å². The normalized spacial score (nSPS) is 10.2. The van der Waals surface area contributed by atoms with E-state index in [-0.39, 0.29) is 0 Å². The molecule has 0 spiro atoms. The van der Waals surface area contributed by atoms with E-state index in [1.165, 1.54) is 0 Å². The molecule has 0 atom stereocenters. The van der Waals surface area contributed by atoms with Crippen molar-refractivity contribution in [3.8, 4) is 28.7 Å². The second-order valence-corrected chi connectivity index (χ2v) is 4.69. The first kappa shape index (κ1) is 12.5. The van der Waals surface area contributed by atoms with Crippen molar-refractivity contribution in [2.75, 3.05) is 0 Å². The lowest BCUT2D eigenvalue weighted by atomic mass is 10.1. The van der Waals surface area contributed by atoms with Crippen LogP contribution in [0, 0.1) is 11.3 Å². The molecular weight excluding hydrogens is 272 g/mol. The van der Waals surface area contributed by atoms with Crippen LogP contribution in [-0.4, -0.2) is 4.98 Å². The van der Waals surface area contributed by atoms with Crippen LogP contribution in [0.3, 0.4) is 0 Å². The van der Waals surface area contributed by atoms with E-state index in [1.807, 2.05) is 24.3 Å². The summed E-state index contributed by atoms with van der Waals surface area (Å²) in [5.41, 5.74) is 3.13. The van der Waals surface area contributed by atoms with Crippen molar-refractivity contribution < 1.29 is 4.42 Å². The second kappa shape index (κ2) is 5.20. The number of rotatable bonds is 2. The summed E-state index contributed by atoms with van der Waals surface area (Å²) in [4.78, 5) is 4.24. The summed E-state index contributed by atoms with van der Waals surface area (Å²) in [5, 5.41) is 9.51. The Kier molecular flexibility index (Phi) is 3.24. The van der Waals surface area contributed by atoms with Gasteiger partial charge in [-0.05, 0) is 30.3 Å². The largest absolute Gasteiger partial charge is 0.464 e. The quantitative estimate of drug-likeness (QED) is 0.693. The molecule has 3 aromatic rings. The first-order valence-electron chi connectivity index (χ1n) is 5.97. The van der Waals surface area contributed by atoms with Crippen molar-refractivity contribution in [1.29, 1.82) is 5.26 Å². The number of pyridine rings is 1. The Balaban J connectivity index is 1.97. The van der Waals surface area contributed by atoms with Gasteiger partial charge in [0.2, 0.25) is 0 Å². The van der Waals surface area contributed by atoms with Crippen LogP contribution in [0.5, 0.6) is 0 Å². The Labute approximate surface area is 121 Å². The number of hydrogen-bond acceptors (Lipinski definition) is 3. The van der Waals surface area contributed by atoms with Gasteiger partial charge in [0.25, 0.3) is 0 Å². The molecule has 0 fully saturated rings. The van der Waals surface area contributed by atoms with Gasteiger partial charge in [0.1, 0.15) is 12.0 Å². The third-order valence-corrected chi connectivity index (χ3v) is 3.12. The summed E-state index contributed by atoms with van der Waals surface area (Å²) >= 11 is 5.82. The Morgan fingerprint density at radius 2 is 2.00 bits per heavy atom. The predicted molar refractivity (Wildman–Crippen MR) is 77.1 cm³/mol. The fourth-order valence-corrected chi connectivity index (χ4v) is 2.02. The van der Waals surface area contributed by atoms with Gasteiger partial charge in [0, 0.05) is 17.3 Å². The van der Waals surface area contributed by atoms with E-state index < -0.39 is 0 Å². The third-order valence-electron chi connectivity index (χ3n) is 2.90. The monoisotopic (exact) mass is 280 g/mol. The summed E-state index contributed by atoms with van der Waals surface area (Å²) in [6.45, 7) is 0. The number of halogens is 1. The minimum Gasteiger partial charge on any atom is -0.464 e. The molecule has 2 aromatic heterocycles. The van der Waals surface area contributed by atoms with Gasteiger partial charge < -0.3 is 4.42 Å². The minimum absolute atomic E-state index is 0.596. The van der Waals surface area contributed by atoms with Gasteiger partial charge in [-0.25, -0.2) is 0 Å².